The molecule has 2 aliphatic rings. The van der Waals surface area contributed by atoms with E-state index in [-0.39, 0.29) is 30.6 Å². The highest BCUT2D eigenvalue weighted by molar-refractivity contribution is 5.85. The molecule has 0 aromatic heterocycles. The molecule has 1 aliphatic carbocycles. The highest BCUT2D eigenvalue weighted by Crippen LogP contribution is 2.45. The summed E-state index contributed by atoms with van der Waals surface area (Å²) in [5.74, 6) is 0.924. The van der Waals surface area contributed by atoms with Crippen LogP contribution in [0.4, 0.5) is 8.78 Å². The maximum atomic E-state index is 12.3. The van der Waals surface area contributed by atoms with Crippen LogP contribution >= 0.6 is 24.8 Å². The van der Waals surface area contributed by atoms with E-state index >= 15 is 0 Å². The summed E-state index contributed by atoms with van der Waals surface area (Å²) in [7, 11) is 0. The average molecular weight is 355 g/mol. The molecule has 1 aromatic carbocycles. The Morgan fingerprint density at radius 3 is 2.41 bits per heavy atom. The summed E-state index contributed by atoms with van der Waals surface area (Å²) in [5.41, 5.74) is 1.10. The number of hydrogen-bond acceptors (Lipinski definition) is 3. The summed E-state index contributed by atoms with van der Waals surface area (Å²) in [6.45, 7) is 1.26. The van der Waals surface area contributed by atoms with E-state index in [9.17, 15) is 8.78 Å². The van der Waals surface area contributed by atoms with Crippen LogP contribution in [0.3, 0.4) is 0 Å². The first kappa shape index (κ1) is 19.4. The second-order valence-corrected chi connectivity index (χ2v) is 5.52. The molecule has 0 amide bonds. The number of benzene rings is 1. The minimum atomic E-state index is -2.76. The van der Waals surface area contributed by atoms with Crippen molar-refractivity contribution in [3.05, 3.63) is 29.8 Å². The van der Waals surface area contributed by atoms with E-state index in [1.54, 1.807) is 12.1 Å². The fourth-order valence-corrected chi connectivity index (χ4v) is 3.03. The van der Waals surface area contributed by atoms with E-state index in [4.69, 9.17) is 0 Å². The first-order chi connectivity index (χ1) is 9.74. The van der Waals surface area contributed by atoms with Crippen LogP contribution in [0, 0.1) is 5.92 Å². The topological polar surface area (TPSA) is 24.5 Å². The maximum absolute atomic E-state index is 12.3. The molecule has 0 spiro atoms. The van der Waals surface area contributed by atoms with Crippen LogP contribution in [-0.2, 0) is 0 Å². The van der Waals surface area contributed by atoms with Gasteiger partial charge in [-0.2, -0.15) is 8.78 Å². The van der Waals surface area contributed by atoms with E-state index in [1.165, 1.54) is 12.8 Å². The number of halogens is 4. The first-order valence-corrected chi connectivity index (χ1v) is 7.23. The molecule has 2 fully saturated rings. The third-order valence-corrected chi connectivity index (χ3v) is 4.04. The second kappa shape index (κ2) is 8.87. The van der Waals surface area contributed by atoms with Crippen molar-refractivity contribution in [2.24, 2.45) is 5.92 Å². The summed E-state index contributed by atoms with van der Waals surface area (Å²) in [4.78, 5) is 2.47. The molecule has 3 nitrogen and oxygen atoms in total. The van der Waals surface area contributed by atoms with Gasteiger partial charge in [-0.05, 0) is 36.5 Å². The Hall–Kier alpha value is -0.620. The standard InChI is InChI=1S/C15H20F2N2O.2ClH/c16-15(17)20-13-3-1-2-12(10-13)14(11-4-5-11)19-8-6-18-7-9-19;;/h1-3,10-11,14-15,18H,4-9H2;2*1H/t14-;;/m1../s1. The van der Waals surface area contributed by atoms with E-state index < -0.39 is 6.61 Å². The van der Waals surface area contributed by atoms with Gasteiger partial charge in [0.15, 0.2) is 0 Å². The first-order valence-electron chi connectivity index (χ1n) is 7.23. The van der Waals surface area contributed by atoms with Crippen molar-refractivity contribution >= 4 is 24.8 Å². The Kier molecular flexibility index (Phi) is 7.83. The van der Waals surface area contributed by atoms with Crippen LogP contribution in [0.15, 0.2) is 24.3 Å². The SMILES string of the molecule is Cl.Cl.FC(F)Oc1cccc([C@@H](C2CC2)N2CCNCC2)c1. The van der Waals surface area contributed by atoms with Crippen molar-refractivity contribution in [2.75, 3.05) is 26.2 Å². The fourth-order valence-electron chi connectivity index (χ4n) is 3.03. The summed E-state index contributed by atoms with van der Waals surface area (Å²) < 4.78 is 29.2. The third kappa shape index (κ3) is 4.95. The monoisotopic (exact) mass is 354 g/mol. The van der Waals surface area contributed by atoms with Gasteiger partial charge in [0, 0.05) is 32.2 Å². The van der Waals surface area contributed by atoms with Crippen molar-refractivity contribution in [3.8, 4) is 5.75 Å². The van der Waals surface area contributed by atoms with Crippen LogP contribution in [0.5, 0.6) is 5.75 Å². The number of ether oxygens (including phenoxy) is 1. The lowest BCUT2D eigenvalue weighted by atomic mass is 9.99. The molecule has 1 atom stereocenters. The summed E-state index contributed by atoms with van der Waals surface area (Å²) >= 11 is 0. The Morgan fingerprint density at radius 2 is 1.82 bits per heavy atom. The molecular formula is C15H22Cl2F2N2O. The van der Waals surface area contributed by atoms with Crippen molar-refractivity contribution in [1.29, 1.82) is 0 Å². The zero-order valence-corrected chi connectivity index (χ0v) is 13.8. The van der Waals surface area contributed by atoms with Crippen molar-refractivity contribution in [3.63, 3.8) is 0 Å². The molecule has 3 rings (SSSR count). The van der Waals surface area contributed by atoms with E-state index in [2.05, 4.69) is 15.0 Å². The van der Waals surface area contributed by atoms with Gasteiger partial charge in [-0.1, -0.05) is 12.1 Å². The Labute approximate surface area is 142 Å². The molecule has 1 aliphatic heterocycles. The third-order valence-electron chi connectivity index (χ3n) is 4.04. The predicted octanol–water partition coefficient (Wildman–Crippen LogP) is 3.49. The summed E-state index contributed by atoms with van der Waals surface area (Å²) in [6.07, 6.45) is 2.46. The second-order valence-electron chi connectivity index (χ2n) is 5.52. The zero-order valence-electron chi connectivity index (χ0n) is 12.2. The van der Waals surface area contributed by atoms with Gasteiger partial charge in [0.2, 0.25) is 0 Å². The van der Waals surface area contributed by atoms with E-state index in [0.29, 0.717) is 12.0 Å². The number of rotatable bonds is 5. The smallest absolute Gasteiger partial charge is 0.387 e. The highest BCUT2D eigenvalue weighted by atomic mass is 35.5. The summed E-state index contributed by atoms with van der Waals surface area (Å²) in [6, 6.07) is 7.56. The van der Waals surface area contributed by atoms with Gasteiger partial charge in [0.1, 0.15) is 5.75 Å². The molecule has 0 radical (unpaired) electrons. The Morgan fingerprint density at radius 1 is 1.14 bits per heavy atom. The Bertz CT molecular complexity index is 455. The number of alkyl halides is 2. The minimum absolute atomic E-state index is 0. The van der Waals surface area contributed by atoms with Gasteiger partial charge in [0.25, 0.3) is 0 Å². The van der Waals surface area contributed by atoms with Crippen molar-refractivity contribution < 1.29 is 13.5 Å². The average Bonchev–Trinajstić information content (AvgIpc) is 3.25. The van der Waals surface area contributed by atoms with Gasteiger partial charge < -0.3 is 10.1 Å². The molecule has 1 saturated heterocycles. The maximum Gasteiger partial charge on any atom is 0.387 e. The molecule has 1 heterocycles. The van der Waals surface area contributed by atoms with Gasteiger partial charge in [-0.25, -0.2) is 0 Å². The molecule has 0 unspecified atom stereocenters. The van der Waals surface area contributed by atoms with E-state index in [0.717, 1.165) is 31.7 Å². The number of nitrogens with one attached hydrogen (secondary N) is 1. The van der Waals surface area contributed by atoms with Crippen LogP contribution in [-0.4, -0.2) is 37.7 Å². The Balaban J connectivity index is 0.00000121. The number of nitrogens with zero attached hydrogens (tertiary/aromatic N) is 1. The molecule has 0 bridgehead atoms. The predicted molar refractivity (Wildman–Crippen MR) is 87.5 cm³/mol. The molecular weight excluding hydrogens is 333 g/mol. The quantitative estimate of drug-likeness (QED) is 0.875. The van der Waals surface area contributed by atoms with Crippen molar-refractivity contribution in [1.82, 2.24) is 10.2 Å². The van der Waals surface area contributed by atoms with Crippen LogP contribution in [0.1, 0.15) is 24.4 Å². The molecule has 7 heteroatoms. The van der Waals surface area contributed by atoms with Gasteiger partial charge in [0.05, 0.1) is 0 Å². The normalized spacial score (nSPS) is 20.0. The highest BCUT2D eigenvalue weighted by Gasteiger charge is 2.36. The molecule has 1 aromatic rings. The lowest BCUT2D eigenvalue weighted by Gasteiger charge is -2.35. The van der Waals surface area contributed by atoms with Crippen LogP contribution < -0.4 is 10.1 Å². The largest absolute Gasteiger partial charge is 0.435 e. The lowest BCUT2D eigenvalue weighted by molar-refractivity contribution is -0.0499. The minimum Gasteiger partial charge on any atom is -0.435 e. The number of piperazine rings is 1. The van der Waals surface area contributed by atoms with Gasteiger partial charge >= 0.3 is 6.61 Å². The fraction of sp³-hybridized carbons (Fsp3) is 0.600. The van der Waals surface area contributed by atoms with Gasteiger partial charge in [-0.3, -0.25) is 4.90 Å². The molecule has 1 N–H and O–H groups in total. The van der Waals surface area contributed by atoms with Crippen molar-refractivity contribution in [2.45, 2.75) is 25.5 Å². The van der Waals surface area contributed by atoms with Gasteiger partial charge in [-0.15, -0.1) is 24.8 Å². The molecule has 126 valence electrons. The zero-order chi connectivity index (χ0) is 13.9. The van der Waals surface area contributed by atoms with E-state index in [1.807, 2.05) is 12.1 Å². The number of hydrogen-bond donors (Lipinski definition) is 1. The molecule has 1 saturated carbocycles. The van der Waals surface area contributed by atoms with Crippen LogP contribution in [0.2, 0.25) is 0 Å². The molecule has 22 heavy (non-hydrogen) atoms. The van der Waals surface area contributed by atoms with Crippen LogP contribution in [0.25, 0.3) is 0 Å². The summed E-state index contributed by atoms with van der Waals surface area (Å²) in [5, 5.41) is 3.35. The lowest BCUT2D eigenvalue weighted by Crippen LogP contribution is -2.45.